The second-order valence-electron chi connectivity index (χ2n) is 4.70. The number of nitro benzene ring substituents is 1. The van der Waals surface area contributed by atoms with Crippen molar-refractivity contribution in [3.63, 3.8) is 0 Å². The first-order valence-corrected chi connectivity index (χ1v) is 6.63. The largest absolute Gasteiger partial charge is 0.502 e. The lowest BCUT2D eigenvalue weighted by Gasteiger charge is -2.31. The molecule has 8 nitrogen and oxygen atoms in total. The quantitative estimate of drug-likeness (QED) is 0.487. The maximum absolute atomic E-state index is 12.1. The zero-order valence-electron chi connectivity index (χ0n) is 11.6. The van der Waals surface area contributed by atoms with Crippen molar-refractivity contribution in [2.24, 2.45) is 0 Å². The number of amides is 1. The highest BCUT2D eigenvalue weighted by Gasteiger charge is 2.26. The fourth-order valence-electron chi connectivity index (χ4n) is 2.12. The molecule has 2 rings (SSSR count). The standard InChI is InChI=1S/C13H17N3O5/c1-2-15-5-6-21-12(8-15)13(18)14-9-3-4-11(17)10(7-9)16(19)20/h3-4,7,12,17H,2,5-6,8H2,1H3,(H,14,18)/t12-/m1/s1. The molecule has 1 heterocycles. The molecule has 0 aliphatic carbocycles. The van der Waals surface area contributed by atoms with Crippen LogP contribution in [0.4, 0.5) is 11.4 Å². The predicted molar refractivity (Wildman–Crippen MR) is 75.2 cm³/mol. The summed E-state index contributed by atoms with van der Waals surface area (Å²) in [7, 11) is 0. The number of nitro groups is 1. The van der Waals surface area contributed by atoms with E-state index >= 15 is 0 Å². The van der Waals surface area contributed by atoms with E-state index in [1.165, 1.54) is 12.1 Å². The molecule has 0 unspecified atom stereocenters. The van der Waals surface area contributed by atoms with Crippen LogP contribution in [0.2, 0.25) is 0 Å². The molecule has 0 bridgehead atoms. The van der Waals surface area contributed by atoms with E-state index < -0.39 is 22.5 Å². The van der Waals surface area contributed by atoms with Gasteiger partial charge in [0.25, 0.3) is 5.91 Å². The number of carbonyl (C=O) groups is 1. The van der Waals surface area contributed by atoms with Crippen molar-refractivity contribution in [1.82, 2.24) is 4.90 Å². The molecule has 114 valence electrons. The third-order valence-electron chi connectivity index (χ3n) is 3.33. The number of likely N-dealkylation sites (N-methyl/N-ethyl adjacent to an activating group) is 1. The van der Waals surface area contributed by atoms with E-state index in [0.29, 0.717) is 13.2 Å². The maximum atomic E-state index is 12.1. The molecule has 2 N–H and O–H groups in total. The van der Waals surface area contributed by atoms with E-state index in [0.717, 1.165) is 19.2 Å². The number of hydrogen-bond acceptors (Lipinski definition) is 6. The number of morpholine rings is 1. The molecule has 1 aromatic rings. The summed E-state index contributed by atoms with van der Waals surface area (Å²) >= 11 is 0. The number of benzene rings is 1. The van der Waals surface area contributed by atoms with Crippen LogP contribution in [0.15, 0.2) is 18.2 Å². The molecule has 8 heteroatoms. The average Bonchev–Trinajstić information content (AvgIpc) is 2.49. The van der Waals surface area contributed by atoms with Gasteiger partial charge in [-0.15, -0.1) is 0 Å². The fourth-order valence-corrected chi connectivity index (χ4v) is 2.12. The molecule has 1 aromatic carbocycles. The van der Waals surface area contributed by atoms with Gasteiger partial charge in [-0.3, -0.25) is 19.8 Å². The zero-order chi connectivity index (χ0) is 15.4. The highest BCUT2D eigenvalue weighted by Crippen LogP contribution is 2.28. The molecule has 1 atom stereocenters. The molecule has 1 aliphatic heterocycles. The summed E-state index contributed by atoms with van der Waals surface area (Å²) in [6.07, 6.45) is -0.605. The highest BCUT2D eigenvalue weighted by atomic mass is 16.6. The van der Waals surface area contributed by atoms with Crippen LogP contribution >= 0.6 is 0 Å². The minimum absolute atomic E-state index is 0.252. The minimum Gasteiger partial charge on any atom is -0.502 e. The summed E-state index contributed by atoms with van der Waals surface area (Å²) in [5, 5.41) is 22.7. The van der Waals surface area contributed by atoms with E-state index in [4.69, 9.17) is 4.74 Å². The average molecular weight is 295 g/mol. The second-order valence-corrected chi connectivity index (χ2v) is 4.70. The van der Waals surface area contributed by atoms with E-state index in [1.54, 1.807) is 0 Å². The molecule has 1 saturated heterocycles. The van der Waals surface area contributed by atoms with Gasteiger partial charge in [-0.05, 0) is 18.7 Å². The van der Waals surface area contributed by atoms with E-state index in [9.17, 15) is 20.0 Å². The number of nitrogens with zero attached hydrogens (tertiary/aromatic N) is 2. The SMILES string of the molecule is CCN1CCO[C@@H](C(=O)Nc2ccc(O)c([N+](=O)[O-])c2)C1. The Balaban J connectivity index is 2.05. The van der Waals surface area contributed by atoms with Crippen molar-refractivity contribution in [3.05, 3.63) is 28.3 Å². The van der Waals surface area contributed by atoms with E-state index in [2.05, 4.69) is 10.2 Å². The normalized spacial score (nSPS) is 19.2. The van der Waals surface area contributed by atoms with Crippen LogP contribution in [-0.4, -0.2) is 53.2 Å². The Bertz CT molecular complexity index is 549. The summed E-state index contributed by atoms with van der Waals surface area (Å²) in [6.45, 7) is 4.58. The number of anilines is 1. The number of rotatable bonds is 4. The minimum atomic E-state index is -0.707. The molecule has 1 fully saturated rings. The van der Waals surface area contributed by atoms with E-state index in [1.807, 2.05) is 6.92 Å². The van der Waals surface area contributed by atoms with Crippen molar-refractivity contribution >= 4 is 17.3 Å². The Morgan fingerprint density at radius 2 is 2.38 bits per heavy atom. The molecule has 1 amide bonds. The molecular formula is C13H17N3O5. The Morgan fingerprint density at radius 1 is 1.62 bits per heavy atom. The lowest BCUT2D eigenvalue weighted by Crippen LogP contribution is -2.47. The molecule has 1 aliphatic rings. The summed E-state index contributed by atoms with van der Waals surface area (Å²) in [5.41, 5.74) is -0.200. The number of carbonyl (C=O) groups excluding carboxylic acids is 1. The van der Waals surface area contributed by atoms with Crippen LogP contribution in [-0.2, 0) is 9.53 Å². The van der Waals surface area contributed by atoms with Crippen LogP contribution in [0, 0.1) is 10.1 Å². The van der Waals surface area contributed by atoms with Crippen LogP contribution < -0.4 is 5.32 Å². The third kappa shape index (κ3) is 3.67. The maximum Gasteiger partial charge on any atom is 0.312 e. The van der Waals surface area contributed by atoms with Gasteiger partial charge in [-0.25, -0.2) is 0 Å². The molecule has 21 heavy (non-hydrogen) atoms. The highest BCUT2D eigenvalue weighted by molar-refractivity contribution is 5.94. The van der Waals surface area contributed by atoms with Gasteiger partial charge in [0.2, 0.25) is 0 Å². The van der Waals surface area contributed by atoms with Crippen molar-refractivity contribution in [2.75, 3.05) is 31.6 Å². The number of nitrogens with one attached hydrogen (secondary N) is 1. The lowest BCUT2D eigenvalue weighted by molar-refractivity contribution is -0.385. The zero-order valence-corrected chi connectivity index (χ0v) is 11.6. The molecule has 0 saturated carbocycles. The van der Waals surface area contributed by atoms with Gasteiger partial charge in [0.1, 0.15) is 6.10 Å². The Kier molecular flexibility index (Phi) is 4.71. The van der Waals surface area contributed by atoms with Gasteiger partial charge in [-0.1, -0.05) is 6.92 Å². The Hall–Kier alpha value is -2.19. The summed E-state index contributed by atoms with van der Waals surface area (Å²) < 4.78 is 5.41. The van der Waals surface area contributed by atoms with Gasteiger partial charge in [0, 0.05) is 24.8 Å². The predicted octanol–water partition coefficient (Wildman–Crippen LogP) is 0.960. The van der Waals surface area contributed by atoms with Gasteiger partial charge in [-0.2, -0.15) is 0 Å². The van der Waals surface area contributed by atoms with Gasteiger partial charge in [0.15, 0.2) is 5.75 Å². The first kappa shape index (κ1) is 15.2. The van der Waals surface area contributed by atoms with Crippen molar-refractivity contribution in [1.29, 1.82) is 0 Å². The molecule has 0 aromatic heterocycles. The first-order valence-electron chi connectivity index (χ1n) is 6.63. The van der Waals surface area contributed by atoms with Gasteiger partial charge < -0.3 is 15.2 Å². The van der Waals surface area contributed by atoms with Gasteiger partial charge >= 0.3 is 5.69 Å². The van der Waals surface area contributed by atoms with Crippen molar-refractivity contribution in [2.45, 2.75) is 13.0 Å². The number of phenols is 1. The Morgan fingerprint density at radius 3 is 3.05 bits per heavy atom. The number of ether oxygens (including phenoxy) is 1. The molecule has 0 radical (unpaired) electrons. The summed E-state index contributed by atoms with van der Waals surface area (Å²) in [5.74, 6) is -0.794. The van der Waals surface area contributed by atoms with Crippen LogP contribution in [0.5, 0.6) is 5.75 Å². The lowest BCUT2D eigenvalue weighted by atomic mass is 10.2. The van der Waals surface area contributed by atoms with Gasteiger partial charge in [0.05, 0.1) is 11.5 Å². The van der Waals surface area contributed by atoms with Crippen molar-refractivity contribution < 1.29 is 19.6 Å². The Labute approximate surface area is 121 Å². The first-order chi connectivity index (χ1) is 10.0. The second kappa shape index (κ2) is 6.51. The third-order valence-corrected chi connectivity index (χ3v) is 3.33. The topological polar surface area (TPSA) is 105 Å². The van der Waals surface area contributed by atoms with Crippen LogP contribution in [0.25, 0.3) is 0 Å². The number of phenolic OH excluding ortho intramolecular Hbond substituents is 1. The number of hydrogen-bond donors (Lipinski definition) is 2. The summed E-state index contributed by atoms with van der Waals surface area (Å²) in [4.78, 5) is 24.2. The smallest absolute Gasteiger partial charge is 0.312 e. The monoisotopic (exact) mass is 295 g/mol. The summed E-state index contributed by atoms with van der Waals surface area (Å²) in [6, 6.07) is 3.70. The fraction of sp³-hybridized carbons (Fsp3) is 0.462. The molecular weight excluding hydrogens is 278 g/mol. The molecule has 0 spiro atoms. The van der Waals surface area contributed by atoms with Crippen LogP contribution in [0.3, 0.4) is 0 Å². The number of aromatic hydroxyl groups is 1. The van der Waals surface area contributed by atoms with Crippen molar-refractivity contribution in [3.8, 4) is 5.75 Å². The van der Waals surface area contributed by atoms with E-state index in [-0.39, 0.29) is 11.6 Å². The van der Waals surface area contributed by atoms with Crippen LogP contribution in [0.1, 0.15) is 6.92 Å².